The van der Waals surface area contributed by atoms with E-state index in [0.717, 1.165) is 17.1 Å². The third-order valence-corrected chi connectivity index (χ3v) is 2.05. The van der Waals surface area contributed by atoms with Gasteiger partial charge in [0.05, 0.1) is 7.11 Å². The van der Waals surface area contributed by atoms with Gasteiger partial charge in [-0.3, -0.25) is 0 Å². The van der Waals surface area contributed by atoms with E-state index in [1.165, 1.54) is 0 Å². The van der Waals surface area contributed by atoms with E-state index < -0.39 is 0 Å². The fraction of sp³-hybridized carbons (Fsp3) is 0.0833. The number of hydrogen-bond acceptors (Lipinski definition) is 2. The van der Waals surface area contributed by atoms with Gasteiger partial charge in [-0.2, -0.15) is 0 Å². The number of nitrogens with zero attached hydrogens (tertiary/aromatic N) is 1. The van der Waals surface area contributed by atoms with Crippen molar-refractivity contribution in [2.75, 3.05) is 7.11 Å². The lowest BCUT2D eigenvalue weighted by Gasteiger charge is -2.02. The summed E-state index contributed by atoms with van der Waals surface area (Å²) in [6.45, 7) is 0. The molecule has 1 heterocycles. The van der Waals surface area contributed by atoms with Gasteiger partial charge in [-0.25, -0.2) is 4.98 Å². The van der Waals surface area contributed by atoms with E-state index in [4.69, 9.17) is 4.74 Å². The summed E-state index contributed by atoms with van der Waals surface area (Å²) in [5.74, 6) is 1.47. The first kappa shape index (κ1) is 9.52. The van der Waals surface area contributed by atoms with Crippen molar-refractivity contribution in [1.82, 2.24) is 9.97 Å². The number of aromatic amines is 1. The summed E-state index contributed by atoms with van der Waals surface area (Å²) in [6, 6.07) is 9.99. The van der Waals surface area contributed by atoms with Crippen LogP contribution in [0.15, 0.2) is 42.7 Å². The van der Waals surface area contributed by atoms with Gasteiger partial charge in [0.2, 0.25) is 0 Å². The third kappa shape index (κ3) is 2.26. The monoisotopic (exact) mass is 200 g/mol. The number of nitrogens with one attached hydrogen (secondary N) is 1. The molecule has 0 amide bonds. The van der Waals surface area contributed by atoms with Crippen LogP contribution in [0.2, 0.25) is 0 Å². The van der Waals surface area contributed by atoms with Gasteiger partial charge < -0.3 is 9.72 Å². The molecule has 2 rings (SSSR count). The Morgan fingerprint density at radius 2 is 2.13 bits per heavy atom. The van der Waals surface area contributed by atoms with Gasteiger partial charge in [-0.05, 0) is 11.6 Å². The number of H-pyrrole nitrogens is 1. The Kier molecular flexibility index (Phi) is 2.83. The van der Waals surface area contributed by atoms with Gasteiger partial charge in [0, 0.05) is 12.4 Å². The number of imidazole rings is 1. The predicted molar refractivity (Wildman–Crippen MR) is 59.9 cm³/mol. The Labute approximate surface area is 88.4 Å². The average Bonchev–Trinajstić information content (AvgIpc) is 2.81. The molecule has 0 saturated heterocycles. The highest BCUT2D eigenvalue weighted by molar-refractivity contribution is 5.74. The maximum atomic E-state index is 5.27. The Bertz CT molecular complexity index is 432. The summed E-state index contributed by atoms with van der Waals surface area (Å²) in [5.41, 5.74) is 1.09. The molecule has 1 aromatic carbocycles. The quantitative estimate of drug-likeness (QED) is 0.773. The third-order valence-electron chi connectivity index (χ3n) is 2.05. The maximum absolute atomic E-state index is 5.27. The van der Waals surface area contributed by atoms with Crippen molar-refractivity contribution in [1.29, 1.82) is 0 Å². The van der Waals surface area contributed by atoms with Gasteiger partial charge in [-0.1, -0.05) is 30.3 Å². The minimum atomic E-state index is 0.728. The Balaban J connectivity index is 2.32. The summed E-state index contributed by atoms with van der Waals surface area (Å²) in [7, 11) is 1.64. The molecule has 0 aliphatic heterocycles. The summed E-state index contributed by atoms with van der Waals surface area (Å²) in [5, 5.41) is 0. The Morgan fingerprint density at radius 1 is 1.33 bits per heavy atom. The van der Waals surface area contributed by atoms with E-state index in [-0.39, 0.29) is 0 Å². The highest BCUT2D eigenvalue weighted by atomic mass is 16.5. The van der Waals surface area contributed by atoms with Crippen molar-refractivity contribution in [2.45, 2.75) is 0 Å². The molecule has 0 unspecified atom stereocenters. The van der Waals surface area contributed by atoms with E-state index in [2.05, 4.69) is 9.97 Å². The highest BCUT2D eigenvalue weighted by Crippen LogP contribution is 2.14. The zero-order valence-electron chi connectivity index (χ0n) is 8.47. The molecule has 1 aromatic heterocycles. The Morgan fingerprint density at radius 3 is 2.73 bits per heavy atom. The molecular weight excluding hydrogens is 188 g/mol. The molecule has 0 bridgehead atoms. The van der Waals surface area contributed by atoms with Crippen LogP contribution in [0.25, 0.3) is 11.8 Å². The van der Waals surface area contributed by atoms with Crippen LogP contribution < -0.4 is 0 Å². The van der Waals surface area contributed by atoms with Crippen LogP contribution in [0, 0.1) is 0 Å². The summed E-state index contributed by atoms with van der Waals surface area (Å²) in [6.07, 6.45) is 5.42. The first-order chi connectivity index (χ1) is 7.40. The molecule has 3 nitrogen and oxygen atoms in total. The Hall–Kier alpha value is -2.03. The van der Waals surface area contributed by atoms with Crippen LogP contribution in [0.1, 0.15) is 11.4 Å². The molecule has 0 radical (unpaired) electrons. The normalized spacial score (nSPS) is 11.4. The molecule has 0 aliphatic rings. The minimum Gasteiger partial charge on any atom is -0.493 e. The van der Waals surface area contributed by atoms with Crippen molar-refractivity contribution >= 4 is 11.8 Å². The second-order valence-corrected chi connectivity index (χ2v) is 3.06. The van der Waals surface area contributed by atoms with Gasteiger partial charge >= 0.3 is 0 Å². The predicted octanol–water partition coefficient (Wildman–Crippen LogP) is 2.55. The second kappa shape index (κ2) is 4.46. The number of aromatic nitrogens is 2. The molecule has 0 spiro atoms. The molecule has 0 aliphatic carbocycles. The van der Waals surface area contributed by atoms with Crippen molar-refractivity contribution in [2.24, 2.45) is 0 Å². The molecular formula is C12H12N2O. The fourth-order valence-corrected chi connectivity index (χ4v) is 1.32. The highest BCUT2D eigenvalue weighted by Gasteiger charge is 2.02. The van der Waals surface area contributed by atoms with Crippen molar-refractivity contribution in [3.63, 3.8) is 0 Å². The van der Waals surface area contributed by atoms with Crippen LogP contribution in [0.3, 0.4) is 0 Å². The van der Waals surface area contributed by atoms with Crippen molar-refractivity contribution in [3.8, 4) is 0 Å². The lowest BCUT2D eigenvalue weighted by atomic mass is 10.2. The fourth-order valence-electron chi connectivity index (χ4n) is 1.32. The molecule has 3 heteroatoms. The number of benzene rings is 1. The topological polar surface area (TPSA) is 37.9 Å². The molecule has 15 heavy (non-hydrogen) atoms. The van der Waals surface area contributed by atoms with E-state index in [0.29, 0.717) is 0 Å². The molecule has 0 fully saturated rings. The zero-order chi connectivity index (χ0) is 10.5. The molecule has 1 N–H and O–H groups in total. The van der Waals surface area contributed by atoms with Gasteiger partial charge in [0.25, 0.3) is 0 Å². The number of hydrogen-bond donors (Lipinski definition) is 1. The lowest BCUT2D eigenvalue weighted by molar-refractivity contribution is 0.369. The first-order valence-corrected chi connectivity index (χ1v) is 4.70. The minimum absolute atomic E-state index is 0.728. The molecule has 0 atom stereocenters. The summed E-state index contributed by atoms with van der Waals surface area (Å²) >= 11 is 0. The van der Waals surface area contributed by atoms with E-state index in [1.807, 2.05) is 36.4 Å². The van der Waals surface area contributed by atoms with E-state index in [9.17, 15) is 0 Å². The van der Waals surface area contributed by atoms with Crippen LogP contribution in [-0.2, 0) is 4.74 Å². The first-order valence-electron chi connectivity index (χ1n) is 4.70. The van der Waals surface area contributed by atoms with Gasteiger partial charge in [0.1, 0.15) is 0 Å². The lowest BCUT2D eigenvalue weighted by Crippen LogP contribution is -1.89. The summed E-state index contributed by atoms with van der Waals surface area (Å²) in [4.78, 5) is 7.14. The summed E-state index contributed by atoms with van der Waals surface area (Å²) < 4.78 is 5.27. The zero-order valence-corrected chi connectivity index (χ0v) is 8.47. The van der Waals surface area contributed by atoms with Crippen LogP contribution in [-0.4, -0.2) is 17.1 Å². The standard InChI is InChI=1S/C12H12N2O/c1-15-11(12-13-7-8-14-12)9-10-5-3-2-4-6-10/h2-9H,1H3,(H,13,14). The van der Waals surface area contributed by atoms with Crippen LogP contribution in [0.4, 0.5) is 0 Å². The van der Waals surface area contributed by atoms with E-state index >= 15 is 0 Å². The van der Waals surface area contributed by atoms with E-state index in [1.54, 1.807) is 19.5 Å². The molecule has 2 aromatic rings. The van der Waals surface area contributed by atoms with Gasteiger partial charge in [-0.15, -0.1) is 0 Å². The van der Waals surface area contributed by atoms with Crippen LogP contribution in [0.5, 0.6) is 0 Å². The second-order valence-electron chi connectivity index (χ2n) is 3.06. The molecule has 0 saturated carbocycles. The van der Waals surface area contributed by atoms with Gasteiger partial charge in [0.15, 0.2) is 11.6 Å². The average molecular weight is 200 g/mol. The number of ether oxygens (including phenoxy) is 1. The maximum Gasteiger partial charge on any atom is 0.172 e. The number of rotatable bonds is 3. The van der Waals surface area contributed by atoms with Crippen molar-refractivity contribution < 1.29 is 4.74 Å². The van der Waals surface area contributed by atoms with Crippen LogP contribution >= 0.6 is 0 Å². The SMILES string of the molecule is COC(=Cc1ccccc1)c1ncc[nH]1. The molecule has 76 valence electrons. The smallest absolute Gasteiger partial charge is 0.172 e. The largest absolute Gasteiger partial charge is 0.493 e. The van der Waals surface area contributed by atoms with Crippen molar-refractivity contribution in [3.05, 3.63) is 54.1 Å². The number of methoxy groups -OCH3 is 1.